The maximum Gasteiger partial charge on any atom is 0.146 e. The molecule has 17 heavy (non-hydrogen) atoms. The van der Waals surface area contributed by atoms with Gasteiger partial charge in [0, 0.05) is 6.42 Å². The molecule has 1 aliphatic rings. The molecule has 1 atom stereocenters. The highest BCUT2D eigenvalue weighted by Gasteiger charge is 2.53. The summed E-state index contributed by atoms with van der Waals surface area (Å²) in [6, 6.07) is 8.03. The van der Waals surface area contributed by atoms with Crippen LogP contribution in [0.4, 0.5) is 0 Å². The molecule has 1 unspecified atom stereocenters. The van der Waals surface area contributed by atoms with E-state index < -0.39 is 0 Å². The normalized spacial score (nSPS) is 22.1. The fourth-order valence-corrected chi connectivity index (χ4v) is 2.65. The predicted octanol–water partition coefficient (Wildman–Crippen LogP) is 3.52. The average Bonchev–Trinajstić information content (AvgIpc) is 2.33. The van der Waals surface area contributed by atoms with Gasteiger partial charge in [0.2, 0.25) is 0 Å². The van der Waals surface area contributed by atoms with Crippen LogP contribution in [0.1, 0.15) is 38.7 Å². The van der Waals surface area contributed by atoms with E-state index in [2.05, 4.69) is 20.8 Å². The number of Topliss-reactive ketones (excluding diaryl/α,β-unsaturated/α-hetero) is 1. The van der Waals surface area contributed by atoms with Crippen molar-refractivity contribution in [3.8, 4) is 5.75 Å². The van der Waals surface area contributed by atoms with Crippen molar-refractivity contribution in [2.75, 3.05) is 0 Å². The molecule has 1 aliphatic carbocycles. The first-order chi connectivity index (χ1) is 8.12. The standard InChI is InChI=1S/C15H20O2/c1-4-15(5-2)13(16)10-14(15)17-12-8-6-11(3)7-9-12/h6-9,14H,4-5,10H2,1-3H3. The summed E-state index contributed by atoms with van der Waals surface area (Å²) in [4.78, 5) is 11.8. The van der Waals surface area contributed by atoms with Gasteiger partial charge >= 0.3 is 0 Å². The number of carbonyl (C=O) groups is 1. The Morgan fingerprint density at radius 1 is 1.24 bits per heavy atom. The van der Waals surface area contributed by atoms with Crippen LogP contribution in [0.15, 0.2) is 24.3 Å². The summed E-state index contributed by atoms with van der Waals surface area (Å²) in [6.45, 7) is 6.21. The van der Waals surface area contributed by atoms with E-state index in [1.807, 2.05) is 24.3 Å². The van der Waals surface area contributed by atoms with Gasteiger partial charge in [0.1, 0.15) is 17.6 Å². The van der Waals surface area contributed by atoms with Crippen LogP contribution in [-0.4, -0.2) is 11.9 Å². The monoisotopic (exact) mass is 232 g/mol. The first-order valence-electron chi connectivity index (χ1n) is 6.39. The largest absolute Gasteiger partial charge is 0.489 e. The van der Waals surface area contributed by atoms with Crippen LogP contribution in [0.5, 0.6) is 5.75 Å². The molecule has 0 aliphatic heterocycles. The van der Waals surface area contributed by atoms with Gasteiger partial charge in [-0.15, -0.1) is 0 Å². The van der Waals surface area contributed by atoms with Crippen LogP contribution in [0.25, 0.3) is 0 Å². The van der Waals surface area contributed by atoms with Crippen LogP contribution in [0.2, 0.25) is 0 Å². The Kier molecular flexibility index (Phi) is 3.23. The van der Waals surface area contributed by atoms with Crippen molar-refractivity contribution in [1.29, 1.82) is 0 Å². The zero-order chi connectivity index (χ0) is 12.5. The van der Waals surface area contributed by atoms with E-state index in [0.717, 1.165) is 18.6 Å². The van der Waals surface area contributed by atoms with Gasteiger partial charge < -0.3 is 4.74 Å². The van der Waals surface area contributed by atoms with Crippen molar-refractivity contribution < 1.29 is 9.53 Å². The Hall–Kier alpha value is -1.31. The summed E-state index contributed by atoms with van der Waals surface area (Å²) in [6.07, 6.45) is 2.38. The van der Waals surface area contributed by atoms with E-state index in [4.69, 9.17) is 4.74 Å². The second kappa shape index (κ2) is 4.52. The Morgan fingerprint density at radius 2 is 1.82 bits per heavy atom. The van der Waals surface area contributed by atoms with E-state index >= 15 is 0 Å². The molecule has 1 aromatic carbocycles. The summed E-state index contributed by atoms with van der Waals surface area (Å²) in [7, 11) is 0. The van der Waals surface area contributed by atoms with E-state index in [1.165, 1.54) is 5.56 Å². The van der Waals surface area contributed by atoms with E-state index in [9.17, 15) is 4.79 Å². The fraction of sp³-hybridized carbons (Fsp3) is 0.533. The number of rotatable bonds is 4. The third kappa shape index (κ3) is 1.97. The Bertz CT molecular complexity index is 401. The highest BCUT2D eigenvalue weighted by Crippen LogP contribution is 2.45. The Labute approximate surface area is 103 Å². The lowest BCUT2D eigenvalue weighted by Crippen LogP contribution is -2.56. The summed E-state index contributed by atoms with van der Waals surface area (Å²) in [5.74, 6) is 1.24. The molecule has 2 rings (SSSR count). The lowest BCUT2D eigenvalue weighted by molar-refractivity contribution is -0.153. The van der Waals surface area contributed by atoms with Crippen LogP contribution in [0.3, 0.4) is 0 Å². The minimum Gasteiger partial charge on any atom is -0.489 e. The molecule has 0 spiro atoms. The van der Waals surface area contributed by atoms with Gasteiger partial charge in [-0.25, -0.2) is 0 Å². The number of ketones is 1. The molecule has 0 heterocycles. The van der Waals surface area contributed by atoms with Crippen LogP contribution < -0.4 is 4.74 Å². The van der Waals surface area contributed by atoms with Gasteiger partial charge in [-0.2, -0.15) is 0 Å². The van der Waals surface area contributed by atoms with Gasteiger partial charge in [-0.1, -0.05) is 31.5 Å². The SMILES string of the molecule is CCC1(CC)C(=O)CC1Oc1ccc(C)cc1. The van der Waals surface area contributed by atoms with Gasteiger partial charge in [-0.3, -0.25) is 4.79 Å². The molecule has 0 N–H and O–H groups in total. The zero-order valence-electron chi connectivity index (χ0n) is 10.8. The molecule has 0 bridgehead atoms. The third-order valence-corrected chi connectivity index (χ3v) is 4.10. The molecular weight excluding hydrogens is 212 g/mol. The second-order valence-corrected chi connectivity index (χ2v) is 4.91. The van der Waals surface area contributed by atoms with Gasteiger partial charge in [0.25, 0.3) is 0 Å². The summed E-state index contributed by atoms with van der Waals surface area (Å²) in [5, 5.41) is 0. The van der Waals surface area contributed by atoms with Crippen LogP contribution in [-0.2, 0) is 4.79 Å². The van der Waals surface area contributed by atoms with E-state index in [-0.39, 0.29) is 11.5 Å². The van der Waals surface area contributed by atoms with Crippen molar-refractivity contribution in [1.82, 2.24) is 0 Å². The topological polar surface area (TPSA) is 26.3 Å². The first kappa shape index (κ1) is 12.2. The number of hydrogen-bond acceptors (Lipinski definition) is 2. The van der Waals surface area contributed by atoms with E-state index in [1.54, 1.807) is 0 Å². The number of ether oxygens (including phenoxy) is 1. The predicted molar refractivity (Wildman–Crippen MR) is 68.2 cm³/mol. The molecular formula is C15H20O2. The minimum atomic E-state index is -0.231. The van der Waals surface area contributed by atoms with Crippen molar-refractivity contribution in [2.24, 2.45) is 5.41 Å². The molecule has 0 amide bonds. The maximum atomic E-state index is 11.8. The molecule has 0 aromatic heterocycles. The smallest absolute Gasteiger partial charge is 0.146 e. The lowest BCUT2D eigenvalue weighted by Gasteiger charge is -2.46. The number of carbonyl (C=O) groups excluding carboxylic acids is 1. The molecule has 1 aromatic rings. The fourth-order valence-electron chi connectivity index (χ4n) is 2.65. The van der Waals surface area contributed by atoms with Crippen LogP contribution in [0, 0.1) is 12.3 Å². The second-order valence-electron chi connectivity index (χ2n) is 4.91. The highest BCUT2D eigenvalue weighted by molar-refractivity contribution is 5.92. The average molecular weight is 232 g/mol. The van der Waals surface area contributed by atoms with Crippen molar-refractivity contribution in [3.05, 3.63) is 29.8 Å². The number of hydrogen-bond donors (Lipinski definition) is 0. The Morgan fingerprint density at radius 3 is 2.29 bits per heavy atom. The third-order valence-electron chi connectivity index (χ3n) is 4.10. The summed E-state index contributed by atoms with van der Waals surface area (Å²) < 4.78 is 5.95. The lowest BCUT2D eigenvalue weighted by atomic mass is 9.61. The molecule has 2 nitrogen and oxygen atoms in total. The van der Waals surface area contributed by atoms with Crippen LogP contribution >= 0.6 is 0 Å². The number of aryl methyl sites for hydroxylation is 1. The maximum absolute atomic E-state index is 11.8. The van der Waals surface area contributed by atoms with Crippen molar-refractivity contribution in [2.45, 2.75) is 46.1 Å². The van der Waals surface area contributed by atoms with Crippen molar-refractivity contribution in [3.63, 3.8) is 0 Å². The quantitative estimate of drug-likeness (QED) is 0.794. The highest BCUT2D eigenvalue weighted by atomic mass is 16.5. The number of benzene rings is 1. The van der Waals surface area contributed by atoms with Gasteiger partial charge in [-0.05, 0) is 31.9 Å². The first-order valence-corrected chi connectivity index (χ1v) is 6.39. The molecule has 0 radical (unpaired) electrons. The van der Waals surface area contributed by atoms with Crippen molar-refractivity contribution >= 4 is 5.78 Å². The van der Waals surface area contributed by atoms with Gasteiger partial charge in [0.15, 0.2) is 0 Å². The summed E-state index contributed by atoms with van der Waals surface area (Å²) >= 11 is 0. The molecule has 0 saturated heterocycles. The van der Waals surface area contributed by atoms with E-state index in [0.29, 0.717) is 12.2 Å². The Balaban J connectivity index is 2.10. The molecule has 1 saturated carbocycles. The van der Waals surface area contributed by atoms with Gasteiger partial charge in [0.05, 0.1) is 5.41 Å². The minimum absolute atomic E-state index is 0.0627. The summed E-state index contributed by atoms with van der Waals surface area (Å²) in [5.41, 5.74) is 0.990. The molecule has 1 fully saturated rings. The zero-order valence-corrected chi connectivity index (χ0v) is 10.8. The molecule has 92 valence electrons. The molecule has 2 heteroatoms.